The number of benzene rings is 1. The highest BCUT2D eigenvalue weighted by atomic mass is 35.5. The summed E-state index contributed by atoms with van der Waals surface area (Å²) in [6.45, 7) is 4.42. The molecule has 1 N–H and O–H groups in total. The fourth-order valence-corrected chi connectivity index (χ4v) is 2.27. The number of rotatable bonds is 6. The molecule has 0 saturated carbocycles. The van der Waals surface area contributed by atoms with E-state index in [0.717, 1.165) is 5.75 Å². The van der Waals surface area contributed by atoms with Crippen molar-refractivity contribution in [1.29, 1.82) is 0 Å². The molecule has 0 aliphatic carbocycles. The van der Waals surface area contributed by atoms with Crippen LogP contribution in [0, 0.1) is 0 Å². The van der Waals surface area contributed by atoms with Gasteiger partial charge in [0.2, 0.25) is 0 Å². The first kappa shape index (κ1) is 14.9. The first-order chi connectivity index (χ1) is 9.59. The van der Waals surface area contributed by atoms with Crippen molar-refractivity contribution in [2.45, 2.75) is 32.4 Å². The third-order valence-electron chi connectivity index (χ3n) is 2.99. The van der Waals surface area contributed by atoms with E-state index in [0.29, 0.717) is 23.7 Å². The molecule has 0 amide bonds. The number of ether oxygens (including phenoxy) is 1. The van der Waals surface area contributed by atoms with Gasteiger partial charge in [0.05, 0.1) is 23.5 Å². The molecule has 2 aromatic rings. The Balaban J connectivity index is 1.95. The van der Waals surface area contributed by atoms with Gasteiger partial charge >= 0.3 is 0 Å². The van der Waals surface area contributed by atoms with Gasteiger partial charge in [0, 0.05) is 12.5 Å². The highest BCUT2D eigenvalue weighted by Gasteiger charge is 2.19. The van der Waals surface area contributed by atoms with Gasteiger partial charge in [-0.1, -0.05) is 29.8 Å². The van der Waals surface area contributed by atoms with Crippen molar-refractivity contribution < 1.29 is 9.84 Å². The van der Waals surface area contributed by atoms with E-state index in [4.69, 9.17) is 16.3 Å². The maximum Gasteiger partial charge on any atom is 0.119 e. The third kappa shape index (κ3) is 3.52. The maximum absolute atomic E-state index is 10.3. The summed E-state index contributed by atoms with van der Waals surface area (Å²) in [6.07, 6.45) is 1.35. The highest BCUT2D eigenvalue weighted by molar-refractivity contribution is 6.31. The lowest BCUT2D eigenvalue weighted by Crippen LogP contribution is -2.14. The lowest BCUT2D eigenvalue weighted by Gasteiger charge is -2.16. The van der Waals surface area contributed by atoms with Gasteiger partial charge in [-0.3, -0.25) is 4.68 Å². The predicted octanol–water partition coefficient (Wildman–Crippen LogP) is 3.62. The average Bonchev–Trinajstić information content (AvgIpc) is 2.82. The van der Waals surface area contributed by atoms with Gasteiger partial charge in [0.15, 0.2) is 0 Å². The Morgan fingerprint density at radius 2 is 2.00 bits per heavy atom. The Kier molecular flexibility index (Phi) is 5.04. The van der Waals surface area contributed by atoms with Gasteiger partial charge in [0.1, 0.15) is 11.9 Å². The Labute approximate surface area is 123 Å². The van der Waals surface area contributed by atoms with Gasteiger partial charge in [-0.15, -0.1) is 0 Å². The van der Waals surface area contributed by atoms with Crippen molar-refractivity contribution in [2.24, 2.45) is 0 Å². The number of hydrogen-bond donors (Lipinski definition) is 1. The summed E-state index contributed by atoms with van der Waals surface area (Å²) in [7, 11) is 0. The molecule has 5 heteroatoms. The van der Waals surface area contributed by atoms with Gasteiger partial charge < -0.3 is 9.84 Å². The van der Waals surface area contributed by atoms with Crippen LogP contribution in [0.4, 0.5) is 0 Å². The minimum absolute atomic E-state index is 0.155. The molecule has 0 radical (unpaired) electrons. The number of aromatic nitrogens is 2. The fraction of sp³-hybridized carbons (Fsp3) is 0.400. The molecule has 0 aliphatic heterocycles. The summed E-state index contributed by atoms with van der Waals surface area (Å²) in [6, 6.07) is 9.69. The van der Waals surface area contributed by atoms with Crippen LogP contribution in [0.15, 0.2) is 36.5 Å². The van der Waals surface area contributed by atoms with Crippen LogP contribution in [-0.2, 0) is 0 Å². The van der Waals surface area contributed by atoms with Crippen molar-refractivity contribution >= 4 is 11.6 Å². The number of para-hydroxylation sites is 1. The fourth-order valence-electron chi connectivity index (χ4n) is 2.02. The summed E-state index contributed by atoms with van der Waals surface area (Å²) >= 11 is 6.10. The maximum atomic E-state index is 10.3. The second-order valence-electron chi connectivity index (χ2n) is 4.88. The first-order valence-electron chi connectivity index (χ1n) is 6.68. The lowest BCUT2D eigenvalue weighted by molar-refractivity contribution is 0.130. The Bertz CT molecular complexity index is 540. The normalized spacial score (nSPS) is 12.7. The van der Waals surface area contributed by atoms with Crippen LogP contribution in [-0.4, -0.2) is 21.5 Å². The molecule has 1 aromatic heterocycles. The molecule has 1 atom stereocenters. The van der Waals surface area contributed by atoms with E-state index in [9.17, 15) is 5.11 Å². The van der Waals surface area contributed by atoms with E-state index in [1.165, 1.54) is 0 Å². The molecular weight excluding hydrogens is 276 g/mol. The largest absolute Gasteiger partial charge is 0.493 e. The van der Waals surface area contributed by atoms with Crippen LogP contribution in [0.3, 0.4) is 0 Å². The van der Waals surface area contributed by atoms with E-state index >= 15 is 0 Å². The zero-order valence-electron chi connectivity index (χ0n) is 11.7. The average molecular weight is 295 g/mol. The van der Waals surface area contributed by atoms with E-state index in [2.05, 4.69) is 5.10 Å². The molecule has 0 fully saturated rings. The molecule has 1 unspecified atom stereocenters. The molecule has 0 bridgehead atoms. The molecule has 2 rings (SSSR count). The van der Waals surface area contributed by atoms with Crippen LogP contribution >= 0.6 is 11.6 Å². The highest BCUT2D eigenvalue weighted by Crippen LogP contribution is 2.27. The zero-order chi connectivity index (χ0) is 14.5. The quantitative estimate of drug-likeness (QED) is 0.885. The van der Waals surface area contributed by atoms with Crippen LogP contribution in [0.5, 0.6) is 5.75 Å². The molecule has 4 nitrogen and oxygen atoms in total. The topological polar surface area (TPSA) is 47.3 Å². The first-order valence-corrected chi connectivity index (χ1v) is 7.06. The molecule has 0 saturated heterocycles. The van der Waals surface area contributed by atoms with Gasteiger partial charge in [0.25, 0.3) is 0 Å². The van der Waals surface area contributed by atoms with Crippen LogP contribution in [0.1, 0.15) is 38.1 Å². The minimum Gasteiger partial charge on any atom is -0.493 e. The van der Waals surface area contributed by atoms with Crippen molar-refractivity contribution in [2.75, 3.05) is 6.61 Å². The smallest absolute Gasteiger partial charge is 0.119 e. The Morgan fingerprint density at radius 3 is 2.65 bits per heavy atom. The second kappa shape index (κ2) is 6.77. The number of hydrogen-bond acceptors (Lipinski definition) is 3. The van der Waals surface area contributed by atoms with Gasteiger partial charge in [-0.25, -0.2) is 0 Å². The zero-order valence-corrected chi connectivity index (χ0v) is 12.4. The lowest BCUT2D eigenvalue weighted by atomic mass is 10.2. The molecule has 0 aliphatic rings. The van der Waals surface area contributed by atoms with Gasteiger partial charge in [-0.05, 0) is 26.0 Å². The monoisotopic (exact) mass is 294 g/mol. The van der Waals surface area contributed by atoms with Crippen LogP contribution < -0.4 is 4.74 Å². The van der Waals surface area contributed by atoms with E-state index in [-0.39, 0.29) is 6.04 Å². The van der Waals surface area contributed by atoms with E-state index < -0.39 is 6.10 Å². The number of aliphatic hydroxyl groups is 1. The summed E-state index contributed by atoms with van der Waals surface area (Å²) in [5, 5.41) is 15.0. The third-order valence-corrected chi connectivity index (χ3v) is 3.29. The van der Waals surface area contributed by atoms with Crippen LogP contribution in [0.25, 0.3) is 0 Å². The van der Waals surface area contributed by atoms with Crippen molar-refractivity contribution in [1.82, 2.24) is 9.78 Å². The summed E-state index contributed by atoms with van der Waals surface area (Å²) < 4.78 is 7.33. The standard InChI is InChI=1S/C15H19ClN2O2/c1-11(2)18-15(13(16)10-17-18)14(19)8-9-20-12-6-4-3-5-7-12/h3-7,10-11,14,19H,8-9H2,1-2H3. The number of nitrogens with zero attached hydrogens (tertiary/aromatic N) is 2. The van der Waals surface area contributed by atoms with Gasteiger partial charge in [-0.2, -0.15) is 5.10 Å². The SMILES string of the molecule is CC(C)n1ncc(Cl)c1C(O)CCOc1ccccc1. The Morgan fingerprint density at radius 1 is 1.30 bits per heavy atom. The van der Waals surface area contributed by atoms with Crippen LogP contribution in [0.2, 0.25) is 5.02 Å². The number of halogens is 1. The Hall–Kier alpha value is -1.52. The van der Waals surface area contributed by atoms with E-state index in [1.54, 1.807) is 10.9 Å². The van der Waals surface area contributed by atoms with Crippen molar-refractivity contribution in [3.8, 4) is 5.75 Å². The van der Waals surface area contributed by atoms with Crippen molar-refractivity contribution in [3.05, 3.63) is 47.2 Å². The minimum atomic E-state index is -0.684. The molecule has 0 spiro atoms. The molecule has 108 valence electrons. The predicted molar refractivity (Wildman–Crippen MR) is 79.1 cm³/mol. The molecule has 1 heterocycles. The molecular formula is C15H19ClN2O2. The molecule has 1 aromatic carbocycles. The number of aliphatic hydroxyl groups excluding tert-OH is 1. The molecule has 20 heavy (non-hydrogen) atoms. The van der Waals surface area contributed by atoms with E-state index in [1.807, 2.05) is 44.2 Å². The van der Waals surface area contributed by atoms with Crippen molar-refractivity contribution in [3.63, 3.8) is 0 Å². The summed E-state index contributed by atoms with van der Waals surface area (Å²) in [5.74, 6) is 0.795. The summed E-state index contributed by atoms with van der Waals surface area (Å²) in [4.78, 5) is 0. The second-order valence-corrected chi connectivity index (χ2v) is 5.29. The summed E-state index contributed by atoms with van der Waals surface area (Å²) in [5.41, 5.74) is 0.651.